The minimum absolute atomic E-state index is 0.186. The monoisotopic (exact) mass is 318 g/mol. The van der Waals surface area contributed by atoms with E-state index in [1.165, 1.54) is 22.3 Å². The Morgan fingerprint density at radius 3 is 0.917 bits per heavy atom. The molecule has 0 spiro atoms. The van der Waals surface area contributed by atoms with Crippen LogP contribution >= 0.6 is 0 Å². The van der Waals surface area contributed by atoms with Crippen LogP contribution in [0.1, 0.15) is 11.1 Å². The van der Waals surface area contributed by atoms with E-state index in [4.69, 9.17) is 10.2 Å². The molecule has 2 nitrogen and oxygen atoms in total. The molecule has 24 heavy (non-hydrogen) atoms. The quantitative estimate of drug-likeness (QED) is 0.718. The lowest BCUT2D eigenvalue weighted by molar-refractivity contribution is 0.299. The minimum Gasteiger partial charge on any atom is -0.396 e. The average Bonchev–Trinajstić information content (AvgIpc) is 2.64. The molecule has 0 saturated carbocycles. The molecule has 0 aromatic heterocycles. The Bertz CT molecular complexity index is 688. The summed E-state index contributed by atoms with van der Waals surface area (Å²) in [7, 11) is 0. The second-order valence-electron chi connectivity index (χ2n) is 5.92. The van der Waals surface area contributed by atoms with Crippen LogP contribution in [0, 0.1) is 0 Å². The Balaban J connectivity index is 1.77. The number of aliphatic hydroxyl groups is 2. The molecule has 122 valence electrons. The fraction of sp³-hybridized carbons (Fsp3) is 0.182. The molecule has 3 aromatic carbocycles. The molecule has 3 aromatic rings. The standard InChI is InChI=1S/C22H22O2/c23-15-13-17-1-5-19(6-2-17)21-9-11-22(12-10-21)20-7-3-18(4-8-20)14-16-24/h1-12,23-24H,13-16H2. The topological polar surface area (TPSA) is 40.5 Å². The van der Waals surface area contributed by atoms with Crippen molar-refractivity contribution in [2.45, 2.75) is 12.8 Å². The fourth-order valence-corrected chi connectivity index (χ4v) is 2.84. The lowest BCUT2D eigenvalue weighted by atomic mass is 9.98. The third-order valence-electron chi connectivity index (χ3n) is 4.26. The third-order valence-corrected chi connectivity index (χ3v) is 4.26. The zero-order valence-corrected chi connectivity index (χ0v) is 13.7. The molecule has 0 heterocycles. The van der Waals surface area contributed by atoms with Gasteiger partial charge in [0.25, 0.3) is 0 Å². The van der Waals surface area contributed by atoms with Gasteiger partial charge in [0, 0.05) is 13.2 Å². The second-order valence-corrected chi connectivity index (χ2v) is 5.92. The first-order valence-corrected chi connectivity index (χ1v) is 8.30. The summed E-state index contributed by atoms with van der Waals surface area (Å²) in [5, 5.41) is 18.0. The Morgan fingerprint density at radius 2 is 0.667 bits per heavy atom. The summed E-state index contributed by atoms with van der Waals surface area (Å²) in [6.07, 6.45) is 1.40. The highest BCUT2D eigenvalue weighted by molar-refractivity contribution is 5.70. The van der Waals surface area contributed by atoms with E-state index in [2.05, 4.69) is 72.8 Å². The first-order valence-electron chi connectivity index (χ1n) is 8.30. The highest BCUT2D eigenvalue weighted by Gasteiger charge is 2.01. The van der Waals surface area contributed by atoms with Gasteiger partial charge in [-0.25, -0.2) is 0 Å². The van der Waals surface area contributed by atoms with Crippen LogP contribution in [0.15, 0.2) is 72.8 Å². The Morgan fingerprint density at radius 1 is 0.417 bits per heavy atom. The normalized spacial score (nSPS) is 10.8. The van der Waals surface area contributed by atoms with Gasteiger partial charge in [-0.05, 0) is 46.2 Å². The van der Waals surface area contributed by atoms with Crippen LogP contribution in [0.2, 0.25) is 0 Å². The molecule has 0 amide bonds. The maximum absolute atomic E-state index is 8.98. The van der Waals surface area contributed by atoms with E-state index in [1.54, 1.807) is 0 Å². The number of rotatable bonds is 6. The van der Waals surface area contributed by atoms with Gasteiger partial charge in [-0.3, -0.25) is 0 Å². The van der Waals surface area contributed by atoms with Gasteiger partial charge in [-0.2, -0.15) is 0 Å². The Hall–Kier alpha value is -2.42. The molecule has 0 aliphatic rings. The molecule has 0 aliphatic carbocycles. The van der Waals surface area contributed by atoms with Crippen LogP contribution < -0.4 is 0 Å². The van der Waals surface area contributed by atoms with Crippen molar-refractivity contribution in [3.8, 4) is 22.3 Å². The van der Waals surface area contributed by atoms with Crippen molar-refractivity contribution in [3.05, 3.63) is 83.9 Å². The van der Waals surface area contributed by atoms with Gasteiger partial charge in [0.1, 0.15) is 0 Å². The van der Waals surface area contributed by atoms with Gasteiger partial charge in [-0.1, -0.05) is 72.8 Å². The highest BCUT2D eigenvalue weighted by Crippen LogP contribution is 2.25. The number of hydrogen-bond donors (Lipinski definition) is 2. The number of benzene rings is 3. The van der Waals surface area contributed by atoms with Crippen molar-refractivity contribution in [1.29, 1.82) is 0 Å². The van der Waals surface area contributed by atoms with Crippen LogP contribution in [-0.2, 0) is 12.8 Å². The van der Waals surface area contributed by atoms with Gasteiger partial charge in [0.05, 0.1) is 0 Å². The van der Waals surface area contributed by atoms with Crippen LogP contribution in [0.4, 0.5) is 0 Å². The molecule has 2 heteroatoms. The molecule has 0 fully saturated rings. The van der Waals surface area contributed by atoms with Crippen molar-refractivity contribution in [2.24, 2.45) is 0 Å². The molecule has 3 rings (SSSR count). The SMILES string of the molecule is OCCc1ccc(-c2ccc(-c3ccc(CCO)cc3)cc2)cc1. The molecule has 0 radical (unpaired) electrons. The molecule has 0 unspecified atom stereocenters. The number of hydrogen-bond acceptors (Lipinski definition) is 2. The molecule has 0 aliphatic heterocycles. The first kappa shape index (κ1) is 16.4. The Kier molecular flexibility index (Phi) is 5.42. The summed E-state index contributed by atoms with van der Waals surface area (Å²) in [5.41, 5.74) is 7.04. The van der Waals surface area contributed by atoms with Crippen molar-refractivity contribution in [2.75, 3.05) is 13.2 Å². The van der Waals surface area contributed by atoms with Crippen molar-refractivity contribution in [1.82, 2.24) is 0 Å². The van der Waals surface area contributed by atoms with Crippen molar-refractivity contribution >= 4 is 0 Å². The lowest BCUT2D eigenvalue weighted by Crippen LogP contribution is -1.90. The van der Waals surface area contributed by atoms with E-state index >= 15 is 0 Å². The molecular formula is C22H22O2. The largest absolute Gasteiger partial charge is 0.396 e. The van der Waals surface area contributed by atoms with E-state index in [0.29, 0.717) is 12.8 Å². The van der Waals surface area contributed by atoms with Gasteiger partial charge in [-0.15, -0.1) is 0 Å². The minimum atomic E-state index is 0.186. The van der Waals surface area contributed by atoms with Crippen LogP contribution in [0.3, 0.4) is 0 Å². The molecule has 2 N–H and O–H groups in total. The van der Waals surface area contributed by atoms with E-state index in [1.807, 2.05) is 0 Å². The third kappa shape index (κ3) is 3.91. The summed E-state index contributed by atoms with van der Waals surface area (Å²) >= 11 is 0. The summed E-state index contributed by atoms with van der Waals surface area (Å²) in [5.74, 6) is 0. The maximum Gasteiger partial charge on any atom is 0.0471 e. The van der Waals surface area contributed by atoms with E-state index in [0.717, 1.165) is 11.1 Å². The van der Waals surface area contributed by atoms with E-state index in [-0.39, 0.29) is 13.2 Å². The van der Waals surface area contributed by atoms with Gasteiger partial charge >= 0.3 is 0 Å². The van der Waals surface area contributed by atoms with Gasteiger partial charge in [0.15, 0.2) is 0 Å². The molecular weight excluding hydrogens is 296 g/mol. The molecule has 0 bridgehead atoms. The summed E-state index contributed by atoms with van der Waals surface area (Å²) in [4.78, 5) is 0. The summed E-state index contributed by atoms with van der Waals surface area (Å²) < 4.78 is 0. The Labute approximate surface area is 143 Å². The second kappa shape index (κ2) is 7.91. The van der Waals surface area contributed by atoms with Crippen LogP contribution in [0.25, 0.3) is 22.3 Å². The van der Waals surface area contributed by atoms with Crippen LogP contribution in [0.5, 0.6) is 0 Å². The average molecular weight is 318 g/mol. The smallest absolute Gasteiger partial charge is 0.0471 e. The van der Waals surface area contributed by atoms with E-state index in [9.17, 15) is 0 Å². The fourth-order valence-electron chi connectivity index (χ4n) is 2.84. The zero-order chi connectivity index (χ0) is 16.8. The first-order chi connectivity index (χ1) is 11.8. The maximum atomic E-state index is 8.98. The zero-order valence-electron chi connectivity index (χ0n) is 13.7. The van der Waals surface area contributed by atoms with Gasteiger partial charge in [0.2, 0.25) is 0 Å². The molecule has 0 saturated heterocycles. The molecule has 0 atom stereocenters. The van der Waals surface area contributed by atoms with E-state index < -0.39 is 0 Å². The predicted molar refractivity (Wildman–Crippen MR) is 98.9 cm³/mol. The van der Waals surface area contributed by atoms with Crippen LogP contribution in [-0.4, -0.2) is 23.4 Å². The lowest BCUT2D eigenvalue weighted by Gasteiger charge is -2.07. The number of aliphatic hydroxyl groups excluding tert-OH is 2. The summed E-state index contributed by atoms with van der Waals surface area (Å²) in [6.45, 7) is 0.371. The highest BCUT2D eigenvalue weighted by atomic mass is 16.3. The predicted octanol–water partition coefficient (Wildman–Crippen LogP) is 4.09. The van der Waals surface area contributed by atoms with Gasteiger partial charge < -0.3 is 10.2 Å². The van der Waals surface area contributed by atoms with Crippen molar-refractivity contribution in [3.63, 3.8) is 0 Å². The summed E-state index contributed by atoms with van der Waals surface area (Å²) in [6, 6.07) is 25.2. The van der Waals surface area contributed by atoms with Crippen molar-refractivity contribution < 1.29 is 10.2 Å².